The van der Waals surface area contributed by atoms with Gasteiger partial charge in [-0.1, -0.05) is 79.1 Å². The van der Waals surface area contributed by atoms with Gasteiger partial charge < -0.3 is 9.47 Å². The zero-order valence-electron chi connectivity index (χ0n) is 18.7. The van der Waals surface area contributed by atoms with E-state index in [-0.39, 0.29) is 11.6 Å². The molecule has 0 aliphatic heterocycles. The van der Waals surface area contributed by atoms with Gasteiger partial charge in [-0.2, -0.15) is 0 Å². The Kier molecular flexibility index (Phi) is 14.2. The second-order valence-corrected chi connectivity index (χ2v) is 9.09. The van der Waals surface area contributed by atoms with Gasteiger partial charge in [0, 0.05) is 13.5 Å². The third kappa shape index (κ3) is 13.6. The molecule has 0 heterocycles. The Bertz CT molecular complexity index is 353. The molecule has 0 saturated carbocycles. The molecule has 0 bridgehead atoms. The highest BCUT2D eigenvalue weighted by Crippen LogP contribution is 2.27. The van der Waals surface area contributed by atoms with Crippen molar-refractivity contribution in [1.29, 1.82) is 0 Å². The Labute approximate surface area is 163 Å². The molecule has 0 N–H and O–H groups in total. The van der Waals surface area contributed by atoms with Crippen LogP contribution in [0.15, 0.2) is 0 Å². The molecule has 26 heavy (non-hydrogen) atoms. The van der Waals surface area contributed by atoms with Crippen molar-refractivity contribution in [2.24, 2.45) is 17.8 Å². The van der Waals surface area contributed by atoms with E-state index in [2.05, 4.69) is 34.6 Å². The molecule has 3 nitrogen and oxygen atoms in total. The minimum atomic E-state index is -0.209. The van der Waals surface area contributed by atoms with Gasteiger partial charge in [0.05, 0.1) is 12.7 Å². The summed E-state index contributed by atoms with van der Waals surface area (Å²) >= 11 is 0. The smallest absolute Gasteiger partial charge is 0.305 e. The van der Waals surface area contributed by atoms with E-state index in [1.807, 2.05) is 0 Å². The highest BCUT2D eigenvalue weighted by Gasteiger charge is 2.24. The summed E-state index contributed by atoms with van der Waals surface area (Å²) in [6, 6.07) is 0. The van der Waals surface area contributed by atoms with Crippen molar-refractivity contribution in [3.8, 4) is 0 Å². The maximum atomic E-state index is 11.4. The summed E-state index contributed by atoms with van der Waals surface area (Å²) in [5.74, 6) is 2.34. The van der Waals surface area contributed by atoms with Gasteiger partial charge in [-0.15, -0.1) is 0 Å². The third-order valence-electron chi connectivity index (χ3n) is 5.85. The first-order valence-electron chi connectivity index (χ1n) is 10.8. The molecule has 3 unspecified atom stereocenters. The molecule has 0 rings (SSSR count). The molecular weight excluding hydrogens is 324 g/mol. The van der Waals surface area contributed by atoms with E-state index in [0.29, 0.717) is 6.42 Å². The number of hydrogen-bond donors (Lipinski definition) is 0. The summed E-state index contributed by atoms with van der Waals surface area (Å²) in [5.41, 5.74) is -0.209. The molecule has 0 aromatic carbocycles. The van der Waals surface area contributed by atoms with Crippen LogP contribution < -0.4 is 0 Å². The lowest BCUT2D eigenvalue weighted by Gasteiger charge is -2.28. The van der Waals surface area contributed by atoms with Crippen molar-refractivity contribution >= 4 is 5.97 Å². The Morgan fingerprint density at radius 3 is 1.77 bits per heavy atom. The Hall–Kier alpha value is -0.570. The van der Waals surface area contributed by atoms with Crippen molar-refractivity contribution in [2.75, 3.05) is 14.2 Å². The number of carbonyl (C=O) groups excluding carboxylic acids is 1. The van der Waals surface area contributed by atoms with Gasteiger partial charge in [-0.3, -0.25) is 4.79 Å². The Balaban J connectivity index is 3.86. The van der Waals surface area contributed by atoms with Crippen LogP contribution in [-0.2, 0) is 14.3 Å². The fourth-order valence-corrected chi connectivity index (χ4v) is 3.60. The van der Waals surface area contributed by atoms with Crippen LogP contribution in [0.3, 0.4) is 0 Å². The van der Waals surface area contributed by atoms with Crippen molar-refractivity contribution in [3.05, 3.63) is 0 Å². The van der Waals surface area contributed by atoms with E-state index in [0.717, 1.165) is 37.0 Å². The molecule has 0 aromatic rings. The molecule has 0 amide bonds. The molecule has 0 aliphatic carbocycles. The highest BCUT2D eigenvalue weighted by molar-refractivity contribution is 5.69. The van der Waals surface area contributed by atoms with Gasteiger partial charge in [0.15, 0.2) is 0 Å². The van der Waals surface area contributed by atoms with Gasteiger partial charge >= 0.3 is 5.97 Å². The van der Waals surface area contributed by atoms with E-state index in [4.69, 9.17) is 9.47 Å². The number of methoxy groups -OCH3 is 2. The van der Waals surface area contributed by atoms with Crippen LogP contribution >= 0.6 is 0 Å². The summed E-state index contributed by atoms with van der Waals surface area (Å²) < 4.78 is 10.4. The number of esters is 1. The topological polar surface area (TPSA) is 35.5 Å². The van der Waals surface area contributed by atoms with E-state index in [9.17, 15) is 4.79 Å². The molecule has 0 radical (unpaired) electrons. The predicted molar refractivity (Wildman–Crippen MR) is 111 cm³/mol. The van der Waals surface area contributed by atoms with Crippen LogP contribution in [0.4, 0.5) is 0 Å². The van der Waals surface area contributed by atoms with Crippen LogP contribution in [-0.4, -0.2) is 25.8 Å². The van der Waals surface area contributed by atoms with Crippen molar-refractivity contribution < 1.29 is 14.3 Å². The van der Waals surface area contributed by atoms with Crippen molar-refractivity contribution in [2.45, 2.75) is 111 Å². The highest BCUT2D eigenvalue weighted by atomic mass is 16.5. The lowest BCUT2D eigenvalue weighted by Crippen LogP contribution is -2.28. The number of hydrogen-bond acceptors (Lipinski definition) is 3. The number of rotatable bonds is 16. The van der Waals surface area contributed by atoms with Crippen molar-refractivity contribution in [3.63, 3.8) is 0 Å². The fourth-order valence-electron chi connectivity index (χ4n) is 3.60. The van der Waals surface area contributed by atoms with Crippen LogP contribution in [0.5, 0.6) is 0 Å². The van der Waals surface area contributed by atoms with Crippen LogP contribution in [0, 0.1) is 17.8 Å². The first-order chi connectivity index (χ1) is 12.2. The zero-order valence-corrected chi connectivity index (χ0v) is 18.7. The minimum absolute atomic E-state index is 0.149. The van der Waals surface area contributed by atoms with Crippen LogP contribution in [0.2, 0.25) is 0 Å². The first kappa shape index (κ1) is 25.4. The molecule has 3 atom stereocenters. The monoisotopic (exact) mass is 370 g/mol. The zero-order chi connectivity index (χ0) is 20.0. The van der Waals surface area contributed by atoms with Gasteiger partial charge in [0.25, 0.3) is 0 Å². The minimum Gasteiger partial charge on any atom is -0.469 e. The predicted octanol–water partition coefficient (Wildman–Crippen LogP) is 6.78. The normalized spacial score (nSPS) is 16.3. The molecule has 0 fully saturated rings. The molecule has 156 valence electrons. The van der Waals surface area contributed by atoms with Gasteiger partial charge in [0.1, 0.15) is 0 Å². The lowest BCUT2D eigenvalue weighted by atomic mass is 9.89. The maximum Gasteiger partial charge on any atom is 0.305 e. The molecule has 3 heteroatoms. The summed E-state index contributed by atoms with van der Waals surface area (Å²) in [7, 11) is 3.20. The number of ether oxygens (including phenoxy) is 2. The Morgan fingerprint density at radius 1 is 0.808 bits per heavy atom. The average Bonchev–Trinajstić information content (AvgIpc) is 2.59. The largest absolute Gasteiger partial charge is 0.469 e. The molecular formula is C23H46O3. The lowest BCUT2D eigenvalue weighted by molar-refractivity contribution is -0.142. The van der Waals surface area contributed by atoms with E-state index in [1.165, 1.54) is 52.1 Å². The molecule has 0 saturated heterocycles. The van der Waals surface area contributed by atoms with Crippen LogP contribution in [0.25, 0.3) is 0 Å². The fraction of sp³-hybridized carbons (Fsp3) is 0.957. The van der Waals surface area contributed by atoms with E-state index < -0.39 is 0 Å². The van der Waals surface area contributed by atoms with Crippen molar-refractivity contribution in [1.82, 2.24) is 0 Å². The van der Waals surface area contributed by atoms with E-state index >= 15 is 0 Å². The standard InChI is InChI=1S/C23H46O3/c1-19(2)11-8-12-20(3)13-9-14-21(4)15-10-17-23(5,26-7)18-16-22(24)25-6/h19-21H,8-18H2,1-7H3. The van der Waals surface area contributed by atoms with Gasteiger partial charge in [-0.25, -0.2) is 0 Å². The average molecular weight is 371 g/mol. The summed E-state index contributed by atoms with van der Waals surface area (Å²) in [6.07, 6.45) is 12.8. The summed E-state index contributed by atoms with van der Waals surface area (Å²) in [4.78, 5) is 11.4. The summed E-state index contributed by atoms with van der Waals surface area (Å²) in [5, 5.41) is 0. The molecule has 0 aliphatic rings. The van der Waals surface area contributed by atoms with Gasteiger partial charge in [0.2, 0.25) is 0 Å². The Morgan fingerprint density at radius 2 is 1.31 bits per heavy atom. The second-order valence-electron chi connectivity index (χ2n) is 9.09. The second kappa shape index (κ2) is 14.5. The molecule has 0 spiro atoms. The van der Waals surface area contributed by atoms with E-state index in [1.54, 1.807) is 7.11 Å². The number of carbonyl (C=O) groups is 1. The SMILES string of the molecule is COC(=O)CCC(C)(CCCC(C)CCCC(C)CCCC(C)C)OC. The first-order valence-corrected chi connectivity index (χ1v) is 10.8. The molecule has 0 aromatic heterocycles. The van der Waals surface area contributed by atoms with Gasteiger partial charge in [-0.05, 0) is 37.5 Å². The van der Waals surface area contributed by atoms with Crippen LogP contribution in [0.1, 0.15) is 105 Å². The third-order valence-corrected chi connectivity index (χ3v) is 5.85. The quantitative estimate of drug-likeness (QED) is 0.281. The summed E-state index contributed by atoms with van der Waals surface area (Å²) in [6.45, 7) is 11.5. The maximum absolute atomic E-state index is 11.4.